The molecule has 138 valence electrons. The number of rotatable bonds is 6. The van der Waals surface area contributed by atoms with E-state index >= 15 is 0 Å². The van der Waals surface area contributed by atoms with Gasteiger partial charge in [-0.15, -0.1) is 10.2 Å². The largest absolute Gasteiger partial charge is 0.497 e. The summed E-state index contributed by atoms with van der Waals surface area (Å²) in [6, 6.07) is 12.9. The molecule has 0 unspecified atom stereocenters. The molecule has 3 rings (SSSR count). The molecule has 27 heavy (non-hydrogen) atoms. The van der Waals surface area contributed by atoms with Gasteiger partial charge in [0.25, 0.3) is 5.89 Å². The van der Waals surface area contributed by atoms with Gasteiger partial charge in [0.05, 0.1) is 7.11 Å². The fourth-order valence-electron chi connectivity index (χ4n) is 2.25. The SMILES string of the molecule is COc1ccc(/C=C/C(=O)O[C@H](C)c2nnc(-c3ccc(F)cc3)o2)cc1. The van der Waals surface area contributed by atoms with Gasteiger partial charge in [-0.1, -0.05) is 12.1 Å². The van der Waals surface area contributed by atoms with E-state index in [0.29, 0.717) is 5.56 Å². The molecule has 0 spiro atoms. The van der Waals surface area contributed by atoms with Crippen molar-refractivity contribution in [1.82, 2.24) is 10.2 Å². The summed E-state index contributed by atoms with van der Waals surface area (Å²) in [5, 5.41) is 7.77. The summed E-state index contributed by atoms with van der Waals surface area (Å²) >= 11 is 0. The van der Waals surface area contributed by atoms with Crippen LogP contribution in [-0.2, 0) is 9.53 Å². The van der Waals surface area contributed by atoms with Crippen molar-refractivity contribution in [3.05, 3.63) is 71.9 Å². The van der Waals surface area contributed by atoms with Crippen LogP contribution in [0.3, 0.4) is 0 Å². The lowest BCUT2D eigenvalue weighted by Gasteiger charge is -2.06. The molecular formula is C20H17FN2O4. The molecule has 0 saturated carbocycles. The van der Waals surface area contributed by atoms with Crippen molar-refractivity contribution in [3.63, 3.8) is 0 Å². The third-order valence-corrected chi connectivity index (χ3v) is 3.70. The third kappa shape index (κ3) is 4.78. The van der Waals surface area contributed by atoms with E-state index in [1.165, 1.54) is 30.3 Å². The smallest absolute Gasteiger partial charge is 0.331 e. The molecule has 3 aromatic rings. The van der Waals surface area contributed by atoms with Crippen molar-refractivity contribution < 1.29 is 23.1 Å². The molecule has 0 radical (unpaired) electrons. The highest BCUT2D eigenvalue weighted by molar-refractivity contribution is 5.87. The molecule has 2 aromatic carbocycles. The second kappa shape index (κ2) is 8.27. The van der Waals surface area contributed by atoms with Gasteiger partial charge in [-0.05, 0) is 55.0 Å². The Morgan fingerprint density at radius 3 is 2.48 bits per heavy atom. The molecule has 1 atom stereocenters. The van der Waals surface area contributed by atoms with Gasteiger partial charge in [0, 0.05) is 11.6 Å². The predicted molar refractivity (Wildman–Crippen MR) is 96.2 cm³/mol. The lowest BCUT2D eigenvalue weighted by Crippen LogP contribution is -2.06. The Kier molecular flexibility index (Phi) is 5.61. The molecule has 1 aromatic heterocycles. The van der Waals surface area contributed by atoms with Crippen LogP contribution in [0.4, 0.5) is 4.39 Å². The monoisotopic (exact) mass is 368 g/mol. The maximum Gasteiger partial charge on any atom is 0.331 e. The Morgan fingerprint density at radius 1 is 1.11 bits per heavy atom. The van der Waals surface area contributed by atoms with Crippen LogP contribution in [0.2, 0.25) is 0 Å². The summed E-state index contributed by atoms with van der Waals surface area (Å²) in [5.41, 5.74) is 1.41. The fraction of sp³-hybridized carbons (Fsp3) is 0.150. The number of hydrogen-bond acceptors (Lipinski definition) is 6. The Balaban J connectivity index is 1.61. The lowest BCUT2D eigenvalue weighted by atomic mass is 10.2. The number of hydrogen-bond donors (Lipinski definition) is 0. The number of methoxy groups -OCH3 is 1. The zero-order chi connectivity index (χ0) is 19.2. The zero-order valence-electron chi connectivity index (χ0n) is 14.8. The number of carbonyl (C=O) groups excluding carboxylic acids is 1. The first-order chi connectivity index (χ1) is 13.0. The number of aromatic nitrogens is 2. The van der Waals surface area contributed by atoms with Gasteiger partial charge in [0.1, 0.15) is 11.6 Å². The maximum atomic E-state index is 13.0. The van der Waals surface area contributed by atoms with Crippen LogP contribution >= 0.6 is 0 Å². The summed E-state index contributed by atoms with van der Waals surface area (Å²) in [7, 11) is 1.59. The minimum Gasteiger partial charge on any atom is -0.497 e. The second-order valence-electron chi connectivity index (χ2n) is 5.64. The Morgan fingerprint density at radius 2 is 1.81 bits per heavy atom. The number of benzene rings is 2. The molecule has 0 N–H and O–H groups in total. The van der Waals surface area contributed by atoms with Gasteiger partial charge >= 0.3 is 5.97 Å². The van der Waals surface area contributed by atoms with Crippen LogP contribution in [-0.4, -0.2) is 23.3 Å². The van der Waals surface area contributed by atoms with Crippen molar-refractivity contribution in [2.75, 3.05) is 7.11 Å². The van der Waals surface area contributed by atoms with E-state index in [9.17, 15) is 9.18 Å². The van der Waals surface area contributed by atoms with Crippen LogP contribution in [0, 0.1) is 5.82 Å². The molecular weight excluding hydrogens is 351 g/mol. The summed E-state index contributed by atoms with van der Waals surface area (Å²) in [5.74, 6) is 0.211. The summed E-state index contributed by atoms with van der Waals surface area (Å²) < 4.78 is 28.8. The highest BCUT2D eigenvalue weighted by atomic mass is 19.1. The normalized spacial score (nSPS) is 12.1. The van der Waals surface area contributed by atoms with Gasteiger partial charge in [0.2, 0.25) is 5.89 Å². The number of halogens is 1. The highest BCUT2D eigenvalue weighted by Gasteiger charge is 2.18. The van der Waals surface area contributed by atoms with Crippen molar-refractivity contribution in [2.24, 2.45) is 0 Å². The summed E-state index contributed by atoms with van der Waals surface area (Å²) in [6.45, 7) is 1.63. The van der Waals surface area contributed by atoms with E-state index in [0.717, 1.165) is 11.3 Å². The highest BCUT2D eigenvalue weighted by Crippen LogP contribution is 2.22. The predicted octanol–water partition coefficient (Wildman–Crippen LogP) is 4.20. The molecule has 6 nitrogen and oxygen atoms in total. The average molecular weight is 368 g/mol. The van der Waals surface area contributed by atoms with E-state index in [2.05, 4.69) is 10.2 Å². The van der Waals surface area contributed by atoms with E-state index in [1.54, 1.807) is 32.2 Å². The Labute approximate surface area is 155 Å². The second-order valence-corrected chi connectivity index (χ2v) is 5.64. The molecule has 1 heterocycles. The molecule has 0 aliphatic rings. The number of ether oxygens (including phenoxy) is 2. The van der Waals surface area contributed by atoms with E-state index in [4.69, 9.17) is 13.9 Å². The maximum absolute atomic E-state index is 13.0. The first-order valence-electron chi connectivity index (χ1n) is 8.17. The molecule has 0 amide bonds. The van der Waals surface area contributed by atoms with E-state index < -0.39 is 12.1 Å². The van der Waals surface area contributed by atoms with Gasteiger partial charge < -0.3 is 13.9 Å². The fourth-order valence-corrected chi connectivity index (χ4v) is 2.25. The standard InChI is InChI=1S/C20H17FN2O4/c1-13(19-22-23-20(27-19)15-6-8-16(21)9-7-15)26-18(24)12-5-14-3-10-17(25-2)11-4-14/h3-13H,1-2H3/b12-5+/t13-/m1/s1. The molecule has 0 aliphatic carbocycles. The third-order valence-electron chi connectivity index (χ3n) is 3.70. The quantitative estimate of drug-likeness (QED) is 0.479. The number of esters is 1. The Hall–Kier alpha value is -3.48. The zero-order valence-corrected chi connectivity index (χ0v) is 14.8. The van der Waals surface area contributed by atoms with Crippen LogP contribution in [0.25, 0.3) is 17.5 Å². The summed E-state index contributed by atoms with van der Waals surface area (Å²) in [4.78, 5) is 12.0. The molecule has 0 saturated heterocycles. The van der Waals surface area contributed by atoms with Gasteiger partial charge in [-0.3, -0.25) is 0 Å². The molecule has 0 bridgehead atoms. The van der Waals surface area contributed by atoms with E-state index in [-0.39, 0.29) is 17.6 Å². The van der Waals surface area contributed by atoms with Crippen molar-refractivity contribution in [3.8, 4) is 17.2 Å². The first kappa shape index (κ1) is 18.3. The first-order valence-corrected chi connectivity index (χ1v) is 8.17. The average Bonchev–Trinajstić information content (AvgIpc) is 3.18. The topological polar surface area (TPSA) is 74.5 Å². The Bertz CT molecular complexity index is 933. The van der Waals surface area contributed by atoms with Crippen LogP contribution < -0.4 is 4.74 Å². The van der Waals surface area contributed by atoms with Crippen LogP contribution in [0.5, 0.6) is 5.75 Å². The van der Waals surface area contributed by atoms with E-state index in [1.807, 2.05) is 12.1 Å². The lowest BCUT2D eigenvalue weighted by molar-refractivity contribution is -0.143. The minimum atomic E-state index is -0.722. The minimum absolute atomic E-state index is 0.153. The molecule has 0 fully saturated rings. The molecule has 0 aliphatic heterocycles. The van der Waals surface area contributed by atoms with Gasteiger partial charge in [-0.2, -0.15) is 0 Å². The van der Waals surface area contributed by atoms with Crippen molar-refractivity contribution >= 4 is 12.0 Å². The number of nitrogens with zero attached hydrogens (tertiary/aromatic N) is 2. The summed E-state index contributed by atoms with van der Waals surface area (Å²) in [6.07, 6.45) is 2.22. The van der Waals surface area contributed by atoms with Crippen molar-refractivity contribution in [1.29, 1.82) is 0 Å². The number of carbonyl (C=O) groups is 1. The molecule has 7 heteroatoms. The van der Waals surface area contributed by atoms with Crippen molar-refractivity contribution in [2.45, 2.75) is 13.0 Å². The van der Waals surface area contributed by atoms with Gasteiger partial charge in [-0.25, -0.2) is 9.18 Å². The van der Waals surface area contributed by atoms with Crippen LogP contribution in [0.15, 0.2) is 59.0 Å². The van der Waals surface area contributed by atoms with Crippen LogP contribution in [0.1, 0.15) is 24.5 Å². The van der Waals surface area contributed by atoms with Gasteiger partial charge in [0.15, 0.2) is 6.10 Å².